The summed E-state index contributed by atoms with van der Waals surface area (Å²) in [4.78, 5) is 38.5. The van der Waals surface area contributed by atoms with E-state index in [9.17, 15) is 19.7 Å². The number of allylic oxidation sites excluding steroid dienone is 2. The second kappa shape index (κ2) is 6.43. The molecule has 1 heterocycles. The van der Waals surface area contributed by atoms with E-state index in [0.29, 0.717) is 29.9 Å². The first-order valence-corrected chi connectivity index (χ1v) is 9.71. The van der Waals surface area contributed by atoms with Crippen LogP contribution in [0.2, 0.25) is 0 Å². The monoisotopic (exact) mass is 383 g/mol. The van der Waals surface area contributed by atoms with Gasteiger partial charge < -0.3 is 10.2 Å². The molecule has 7 heteroatoms. The zero-order valence-corrected chi connectivity index (χ0v) is 16.3. The van der Waals surface area contributed by atoms with E-state index in [-0.39, 0.29) is 29.0 Å². The molecule has 1 aliphatic heterocycles. The number of hydrogen-bond donors (Lipinski definition) is 1. The van der Waals surface area contributed by atoms with Gasteiger partial charge in [0.15, 0.2) is 0 Å². The molecule has 28 heavy (non-hydrogen) atoms. The molecule has 2 aliphatic carbocycles. The Bertz CT molecular complexity index is 855. The van der Waals surface area contributed by atoms with Crippen molar-refractivity contribution in [1.82, 2.24) is 10.2 Å². The third kappa shape index (κ3) is 3.08. The molecule has 7 nitrogen and oxygen atoms in total. The zero-order chi connectivity index (χ0) is 20.2. The smallest absolute Gasteiger partial charge is 0.269 e. The molecule has 2 fully saturated rings. The SMILES string of the molecule is CC(C)(C)NC(=O)[C@@H]1[C@@H]2[C@H](CN1C(=O)c1ccc([N+](=O)[O-])cc1)[C@@H]1C=C[C@H]2C1. The summed E-state index contributed by atoms with van der Waals surface area (Å²) in [5.74, 6) is 0.844. The summed E-state index contributed by atoms with van der Waals surface area (Å²) in [5, 5.41) is 13.9. The Morgan fingerprint density at radius 3 is 2.39 bits per heavy atom. The summed E-state index contributed by atoms with van der Waals surface area (Å²) >= 11 is 0. The van der Waals surface area contributed by atoms with Crippen LogP contribution in [0.3, 0.4) is 0 Å². The lowest BCUT2D eigenvalue weighted by Gasteiger charge is -2.32. The van der Waals surface area contributed by atoms with E-state index in [1.165, 1.54) is 24.3 Å². The average molecular weight is 383 g/mol. The van der Waals surface area contributed by atoms with E-state index < -0.39 is 11.0 Å². The third-order valence-electron chi connectivity index (χ3n) is 6.15. The number of likely N-dealkylation sites (tertiary alicyclic amines) is 1. The van der Waals surface area contributed by atoms with Gasteiger partial charge in [-0.1, -0.05) is 12.2 Å². The van der Waals surface area contributed by atoms with E-state index in [0.717, 1.165) is 6.42 Å². The van der Waals surface area contributed by atoms with Crippen LogP contribution in [-0.4, -0.2) is 39.8 Å². The molecule has 2 bridgehead atoms. The van der Waals surface area contributed by atoms with Gasteiger partial charge in [0.2, 0.25) is 5.91 Å². The Labute approximate surface area is 163 Å². The van der Waals surface area contributed by atoms with Crippen molar-refractivity contribution in [2.24, 2.45) is 23.7 Å². The van der Waals surface area contributed by atoms with Gasteiger partial charge in [-0.3, -0.25) is 19.7 Å². The average Bonchev–Trinajstić information content (AvgIpc) is 3.31. The maximum absolute atomic E-state index is 13.2. The van der Waals surface area contributed by atoms with Crippen LogP contribution < -0.4 is 5.32 Å². The highest BCUT2D eigenvalue weighted by atomic mass is 16.6. The van der Waals surface area contributed by atoms with Gasteiger partial charge in [-0.2, -0.15) is 0 Å². The number of nitrogens with one attached hydrogen (secondary N) is 1. The summed E-state index contributed by atoms with van der Waals surface area (Å²) in [6, 6.07) is 5.10. The van der Waals surface area contributed by atoms with Crippen molar-refractivity contribution in [3.05, 3.63) is 52.1 Å². The number of nitrogens with zero attached hydrogens (tertiary/aromatic N) is 2. The van der Waals surface area contributed by atoms with Gasteiger partial charge in [0.25, 0.3) is 11.6 Å². The van der Waals surface area contributed by atoms with E-state index in [1.54, 1.807) is 4.90 Å². The minimum atomic E-state index is -0.508. The Morgan fingerprint density at radius 1 is 1.14 bits per heavy atom. The lowest BCUT2D eigenvalue weighted by molar-refractivity contribution is -0.384. The number of carbonyl (C=O) groups is 2. The molecule has 0 radical (unpaired) electrons. The molecular formula is C21H25N3O4. The highest BCUT2D eigenvalue weighted by Gasteiger charge is 2.57. The number of amides is 2. The second-order valence-corrected chi connectivity index (χ2v) is 9.14. The number of nitro benzene ring substituents is 1. The molecule has 1 saturated carbocycles. The zero-order valence-electron chi connectivity index (χ0n) is 16.3. The maximum atomic E-state index is 13.2. The normalized spacial score (nSPS) is 30.4. The van der Waals surface area contributed by atoms with Crippen molar-refractivity contribution in [2.45, 2.75) is 38.8 Å². The number of nitro groups is 1. The second-order valence-electron chi connectivity index (χ2n) is 9.14. The van der Waals surface area contributed by atoms with Crippen molar-refractivity contribution in [1.29, 1.82) is 0 Å². The Kier molecular flexibility index (Phi) is 4.28. The first-order chi connectivity index (χ1) is 13.2. The summed E-state index contributed by atoms with van der Waals surface area (Å²) in [6.07, 6.45) is 5.49. The predicted molar refractivity (Wildman–Crippen MR) is 104 cm³/mol. The largest absolute Gasteiger partial charge is 0.350 e. The van der Waals surface area contributed by atoms with E-state index in [4.69, 9.17) is 0 Å². The Morgan fingerprint density at radius 2 is 1.79 bits per heavy atom. The van der Waals surface area contributed by atoms with Gasteiger partial charge in [-0.05, 0) is 63.0 Å². The molecule has 1 aromatic carbocycles. The molecule has 3 aliphatic rings. The summed E-state index contributed by atoms with van der Waals surface area (Å²) in [7, 11) is 0. The van der Waals surface area contributed by atoms with Crippen LogP contribution in [0.25, 0.3) is 0 Å². The van der Waals surface area contributed by atoms with Gasteiger partial charge in [-0.15, -0.1) is 0 Å². The number of fused-ring (bicyclic) bond motifs is 5. The predicted octanol–water partition coefficient (Wildman–Crippen LogP) is 2.77. The van der Waals surface area contributed by atoms with E-state index in [1.807, 2.05) is 20.8 Å². The van der Waals surface area contributed by atoms with Crippen molar-refractivity contribution < 1.29 is 14.5 Å². The molecule has 5 atom stereocenters. The number of benzene rings is 1. The molecule has 4 rings (SSSR count). The van der Waals surface area contributed by atoms with Crippen LogP contribution in [0, 0.1) is 33.8 Å². The summed E-state index contributed by atoms with van der Waals surface area (Å²) < 4.78 is 0. The van der Waals surface area contributed by atoms with Crippen molar-refractivity contribution in [3.8, 4) is 0 Å². The fourth-order valence-corrected chi connectivity index (χ4v) is 5.10. The number of carbonyl (C=O) groups excluding carboxylic acids is 2. The minimum Gasteiger partial charge on any atom is -0.350 e. The molecule has 0 spiro atoms. The highest BCUT2D eigenvalue weighted by molar-refractivity contribution is 5.98. The topological polar surface area (TPSA) is 92.6 Å². The van der Waals surface area contributed by atoms with Crippen LogP contribution in [0.15, 0.2) is 36.4 Å². The molecule has 1 saturated heterocycles. The summed E-state index contributed by atoms with van der Waals surface area (Å²) in [5.41, 5.74) is -0.0661. The Balaban J connectivity index is 1.63. The highest BCUT2D eigenvalue weighted by Crippen LogP contribution is 2.54. The fourth-order valence-electron chi connectivity index (χ4n) is 5.10. The molecule has 1 N–H and O–H groups in total. The molecule has 0 unspecified atom stereocenters. The Hall–Kier alpha value is -2.70. The quantitative estimate of drug-likeness (QED) is 0.493. The van der Waals surface area contributed by atoms with Gasteiger partial charge in [0.1, 0.15) is 6.04 Å². The number of rotatable bonds is 3. The standard InChI is InChI=1S/C21H25N3O4/c1-21(2,3)22-19(25)18-17-14-5-4-13(10-14)16(17)11-23(18)20(26)12-6-8-15(9-7-12)24(27)28/h4-9,13-14,16-18H,10-11H2,1-3H3,(H,22,25)/t13-,14+,16-,17+,18+/m1/s1. The lowest BCUT2D eigenvalue weighted by atomic mass is 9.81. The molecule has 1 aromatic rings. The van der Waals surface area contributed by atoms with Crippen LogP contribution in [-0.2, 0) is 4.79 Å². The molecule has 2 amide bonds. The third-order valence-corrected chi connectivity index (χ3v) is 6.15. The maximum Gasteiger partial charge on any atom is 0.269 e. The number of non-ortho nitro benzene ring substituents is 1. The molecule has 0 aromatic heterocycles. The van der Waals surface area contributed by atoms with Gasteiger partial charge in [-0.25, -0.2) is 0 Å². The fraction of sp³-hybridized carbons (Fsp3) is 0.524. The van der Waals surface area contributed by atoms with Gasteiger partial charge >= 0.3 is 0 Å². The first-order valence-electron chi connectivity index (χ1n) is 9.71. The van der Waals surface area contributed by atoms with Crippen molar-refractivity contribution in [3.63, 3.8) is 0 Å². The van der Waals surface area contributed by atoms with Crippen LogP contribution in [0.5, 0.6) is 0 Å². The van der Waals surface area contributed by atoms with Crippen LogP contribution >= 0.6 is 0 Å². The summed E-state index contributed by atoms with van der Waals surface area (Å²) in [6.45, 7) is 6.34. The first kappa shape index (κ1) is 18.7. The lowest BCUT2D eigenvalue weighted by Crippen LogP contribution is -2.54. The van der Waals surface area contributed by atoms with Crippen LogP contribution in [0.4, 0.5) is 5.69 Å². The van der Waals surface area contributed by atoms with Gasteiger partial charge in [0, 0.05) is 29.8 Å². The number of hydrogen-bond acceptors (Lipinski definition) is 4. The van der Waals surface area contributed by atoms with E-state index in [2.05, 4.69) is 17.5 Å². The van der Waals surface area contributed by atoms with Crippen LogP contribution in [0.1, 0.15) is 37.6 Å². The van der Waals surface area contributed by atoms with Crippen molar-refractivity contribution in [2.75, 3.05) is 6.54 Å². The minimum absolute atomic E-state index is 0.0564. The van der Waals surface area contributed by atoms with E-state index >= 15 is 0 Å². The molecular weight excluding hydrogens is 358 g/mol. The van der Waals surface area contributed by atoms with Crippen molar-refractivity contribution >= 4 is 17.5 Å². The van der Waals surface area contributed by atoms with Gasteiger partial charge in [0.05, 0.1) is 4.92 Å². The molecule has 148 valence electrons.